The lowest BCUT2D eigenvalue weighted by atomic mass is 10.1. The molecule has 0 heterocycles. The Balaban J connectivity index is 1.45. The summed E-state index contributed by atoms with van der Waals surface area (Å²) in [7, 11) is -8.15. The summed E-state index contributed by atoms with van der Waals surface area (Å²) in [5.74, 6) is 0.668. The van der Waals surface area contributed by atoms with Gasteiger partial charge in [0.15, 0.2) is 0 Å². The summed E-state index contributed by atoms with van der Waals surface area (Å²) in [6.45, 7) is 0.476. The normalized spacial score (nSPS) is 13.2. The zero-order valence-electron chi connectivity index (χ0n) is 17.4. The molecule has 0 aromatic heterocycles. The molecule has 12 heteroatoms. The van der Waals surface area contributed by atoms with Gasteiger partial charge in [-0.15, -0.1) is 0 Å². The fourth-order valence-electron chi connectivity index (χ4n) is 3.06. The lowest BCUT2D eigenvalue weighted by Gasteiger charge is -2.15. The van der Waals surface area contributed by atoms with E-state index >= 15 is 0 Å². The first-order chi connectivity index (χ1) is 15.6. The van der Waals surface area contributed by atoms with E-state index in [0.717, 1.165) is 22.9 Å². The molecule has 0 amide bonds. The van der Waals surface area contributed by atoms with Gasteiger partial charge in [0.25, 0.3) is 0 Å². The monoisotopic (exact) mass is 513 g/mol. The van der Waals surface area contributed by atoms with Crippen LogP contribution in [-0.4, -0.2) is 54.3 Å². The van der Waals surface area contributed by atoms with E-state index < -0.39 is 31.0 Å². The number of rotatable bonds is 11. The highest BCUT2D eigenvalue weighted by atomic mass is 35.5. The molecule has 9 nitrogen and oxygen atoms in total. The maximum absolute atomic E-state index is 12.4. The van der Waals surface area contributed by atoms with E-state index in [1.807, 2.05) is 42.5 Å². The molecule has 3 aromatic rings. The smallest absolute Gasteiger partial charge is 0.240 e. The third kappa shape index (κ3) is 6.87. The van der Waals surface area contributed by atoms with Gasteiger partial charge >= 0.3 is 0 Å². The van der Waals surface area contributed by atoms with Crippen molar-refractivity contribution in [2.24, 2.45) is 5.14 Å². The number of halogens is 1. The van der Waals surface area contributed by atoms with Gasteiger partial charge in [-0.05, 0) is 29.7 Å². The molecule has 5 N–H and O–H groups in total. The Labute approximate surface area is 197 Å². The standard InChI is InChI=1S/C21H24ClN3O6S2/c22-19-9-8-17(12-21(19)32(23,27)28)33(29,30)25-11-10-24-13-16(26)14-31-20-7-3-5-15-4-1-2-6-18(15)20/h1-9,12,16,24-26H,10-11,13-14H2,(H2,23,27,28). The van der Waals surface area contributed by atoms with Gasteiger partial charge in [0.05, 0.1) is 9.92 Å². The van der Waals surface area contributed by atoms with Crippen molar-refractivity contribution in [1.29, 1.82) is 0 Å². The van der Waals surface area contributed by atoms with Crippen molar-refractivity contribution in [3.05, 3.63) is 65.7 Å². The molecule has 0 aliphatic rings. The Hall–Kier alpha value is -2.25. The van der Waals surface area contributed by atoms with Gasteiger partial charge in [-0.3, -0.25) is 0 Å². The number of aliphatic hydroxyl groups excluding tert-OH is 1. The number of fused-ring (bicyclic) bond motifs is 1. The number of nitrogens with two attached hydrogens (primary N) is 1. The molecule has 0 saturated carbocycles. The van der Waals surface area contributed by atoms with Crippen molar-refractivity contribution in [3.63, 3.8) is 0 Å². The molecule has 1 atom stereocenters. The second-order valence-electron chi connectivity index (χ2n) is 7.18. The Morgan fingerprint density at radius 2 is 1.73 bits per heavy atom. The minimum Gasteiger partial charge on any atom is -0.490 e. The van der Waals surface area contributed by atoms with E-state index in [-0.39, 0.29) is 36.2 Å². The fraction of sp³-hybridized carbons (Fsp3) is 0.238. The van der Waals surface area contributed by atoms with E-state index in [4.69, 9.17) is 21.5 Å². The zero-order chi connectivity index (χ0) is 24.1. The molecule has 0 saturated heterocycles. The van der Waals surface area contributed by atoms with Crippen molar-refractivity contribution >= 4 is 42.4 Å². The van der Waals surface area contributed by atoms with Gasteiger partial charge < -0.3 is 15.2 Å². The molecule has 0 fully saturated rings. The lowest BCUT2D eigenvalue weighted by Crippen LogP contribution is -2.37. The number of ether oxygens (including phenoxy) is 1. The zero-order valence-corrected chi connectivity index (χ0v) is 19.8. The topological polar surface area (TPSA) is 148 Å². The summed E-state index contributed by atoms with van der Waals surface area (Å²) in [4.78, 5) is -0.751. The number of hydrogen-bond acceptors (Lipinski definition) is 7. The predicted molar refractivity (Wildman–Crippen MR) is 126 cm³/mol. The molecular formula is C21H24ClN3O6S2. The summed E-state index contributed by atoms with van der Waals surface area (Å²) in [5, 5.41) is 19.9. The number of hydrogen-bond donors (Lipinski definition) is 4. The predicted octanol–water partition coefficient (Wildman–Crippen LogP) is 1.45. The van der Waals surface area contributed by atoms with Crippen LogP contribution in [0.15, 0.2) is 70.5 Å². The lowest BCUT2D eigenvalue weighted by molar-refractivity contribution is 0.107. The van der Waals surface area contributed by atoms with E-state index in [0.29, 0.717) is 5.75 Å². The highest BCUT2D eigenvalue weighted by Gasteiger charge is 2.20. The summed E-state index contributed by atoms with van der Waals surface area (Å²) >= 11 is 5.78. The number of aliphatic hydroxyl groups is 1. The van der Waals surface area contributed by atoms with Crippen molar-refractivity contribution in [2.75, 3.05) is 26.2 Å². The number of nitrogens with one attached hydrogen (secondary N) is 2. The Morgan fingerprint density at radius 1 is 1.00 bits per heavy atom. The minimum atomic E-state index is -4.17. The van der Waals surface area contributed by atoms with E-state index in [1.54, 1.807) is 0 Å². The summed E-state index contributed by atoms with van der Waals surface area (Å²) in [6, 6.07) is 16.7. The first-order valence-electron chi connectivity index (χ1n) is 9.89. The van der Waals surface area contributed by atoms with E-state index in [9.17, 15) is 21.9 Å². The molecule has 3 rings (SSSR count). The molecule has 1 unspecified atom stereocenters. The summed E-state index contributed by atoms with van der Waals surface area (Å²) < 4.78 is 55.9. The first-order valence-corrected chi connectivity index (χ1v) is 13.3. The highest BCUT2D eigenvalue weighted by Crippen LogP contribution is 2.25. The van der Waals surface area contributed by atoms with Crippen LogP contribution in [0, 0.1) is 0 Å². The van der Waals surface area contributed by atoms with Crippen LogP contribution in [0.2, 0.25) is 5.02 Å². The van der Waals surface area contributed by atoms with Gasteiger partial charge in [0, 0.05) is 25.0 Å². The largest absolute Gasteiger partial charge is 0.490 e. The number of benzene rings is 3. The van der Waals surface area contributed by atoms with E-state index in [2.05, 4.69) is 10.0 Å². The maximum Gasteiger partial charge on any atom is 0.240 e. The van der Waals surface area contributed by atoms with Crippen molar-refractivity contribution in [2.45, 2.75) is 15.9 Å². The highest BCUT2D eigenvalue weighted by molar-refractivity contribution is 7.90. The van der Waals surface area contributed by atoms with Crippen molar-refractivity contribution in [1.82, 2.24) is 10.0 Å². The molecule has 0 spiro atoms. The maximum atomic E-state index is 12.4. The van der Waals surface area contributed by atoms with Crippen LogP contribution in [0.25, 0.3) is 10.8 Å². The van der Waals surface area contributed by atoms with Gasteiger partial charge in [-0.2, -0.15) is 0 Å². The van der Waals surface area contributed by atoms with Crippen molar-refractivity contribution in [3.8, 4) is 5.75 Å². The second kappa shape index (κ2) is 10.8. The second-order valence-corrected chi connectivity index (χ2v) is 10.9. The minimum absolute atomic E-state index is 0.00652. The molecular weight excluding hydrogens is 490 g/mol. The van der Waals surface area contributed by atoms with Crippen LogP contribution >= 0.6 is 11.6 Å². The van der Waals surface area contributed by atoms with Gasteiger partial charge in [-0.25, -0.2) is 26.7 Å². The quantitative estimate of drug-likeness (QED) is 0.283. The van der Waals surface area contributed by atoms with Crippen LogP contribution in [-0.2, 0) is 20.0 Å². The Morgan fingerprint density at radius 3 is 2.48 bits per heavy atom. The molecule has 0 bridgehead atoms. The van der Waals surface area contributed by atoms with Crippen LogP contribution in [0.4, 0.5) is 0 Å². The van der Waals surface area contributed by atoms with E-state index in [1.165, 1.54) is 6.07 Å². The SMILES string of the molecule is NS(=O)(=O)c1cc(S(=O)(=O)NCCNCC(O)COc2cccc3ccccc23)ccc1Cl. The third-order valence-corrected chi connectivity index (χ3v) is 7.53. The summed E-state index contributed by atoms with van der Waals surface area (Å²) in [5.41, 5.74) is 0. The summed E-state index contributed by atoms with van der Waals surface area (Å²) in [6.07, 6.45) is -0.811. The van der Waals surface area contributed by atoms with Crippen LogP contribution < -0.4 is 19.9 Å². The van der Waals surface area contributed by atoms with Crippen LogP contribution in [0.1, 0.15) is 0 Å². The molecule has 0 aliphatic heterocycles. The third-order valence-electron chi connectivity index (χ3n) is 4.67. The number of sulfonamides is 2. The van der Waals surface area contributed by atoms with Gasteiger partial charge in [0.1, 0.15) is 23.4 Å². The molecule has 3 aromatic carbocycles. The number of primary sulfonamides is 1. The van der Waals surface area contributed by atoms with Crippen LogP contribution in [0.3, 0.4) is 0 Å². The molecule has 33 heavy (non-hydrogen) atoms. The van der Waals surface area contributed by atoms with Gasteiger partial charge in [-0.1, -0.05) is 48.0 Å². The van der Waals surface area contributed by atoms with Crippen molar-refractivity contribution < 1.29 is 26.7 Å². The van der Waals surface area contributed by atoms with Gasteiger partial charge in [0.2, 0.25) is 20.0 Å². The van der Waals surface area contributed by atoms with Crippen LogP contribution in [0.5, 0.6) is 5.75 Å². The Kier molecular flexibility index (Phi) is 8.29. The fourth-order valence-corrected chi connectivity index (χ4v) is 5.26. The molecule has 0 aliphatic carbocycles. The average Bonchev–Trinajstić information content (AvgIpc) is 2.76. The average molecular weight is 514 g/mol. The first kappa shape index (κ1) is 25.4. The molecule has 0 radical (unpaired) electrons. The Bertz CT molecular complexity index is 1330. The molecule has 178 valence electrons.